The first-order valence-corrected chi connectivity index (χ1v) is 12.5. The summed E-state index contributed by atoms with van der Waals surface area (Å²) in [5.41, 5.74) is 0.261. The Kier molecular flexibility index (Phi) is 8.46. The fraction of sp³-hybridized carbons (Fsp3) is 0.148. The van der Waals surface area contributed by atoms with E-state index in [9.17, 15) is 22.8 Å². The quantitative estimate of drug-likeness (QED) is 0.256. The third-order valence-electron chi connectivity index (χ3n) is 5.42. The number of carbonyl (C=O) groups is 2. The molecule has 1 N–H and O–H groups in total. The maximum absolute atomic E-state index is 13.1. The number of ether oxygens (including phenoxy) is 3. The second kappa shape index (κ2) is 11.8. The van der Waals surface area contributed by atoms with Crippen LogP contribution < -0.4 is 24.4 Å². The van der Waals surface area contributed by atoms with Gasteiger partial charge in [-0.25, -0.2) is 0 Å². The summed E-state index contributed by atoms with van der Waals surface area (Å²) in [6.07, 6.45) is -3.00. The number of benzene rings is 3. The lowest BCUT2D eigenvalue weighted by Gasteiger charge is -2.16. The zero-order valence-corrected chi connectivity index (χ0v) is 22.2. The summed E-state index contributed by atoms with van der Waals surface area (Å²) < 4.78 is 55.7. The van der Waals surface area contributed by atoms with Crippen LogP contribution in [0.4, 0.5) is 24.5 Å². The Hall–Kier alpha value is -4.03. The molecule has 0 aliphatic carbocycles. The van der Waals surface area contributed by atoms with Crippen LogP contribution in [0.3, 0.4) is 0 Å². The van der Waals surface area contributed by atoms with Gasteiger partial charge in [-0.3, -0.25) is 14.5 Å². The molecule has 1 fully saturated rings. The SMILES string of the molecule is COc1cccc(NC(=O)COc2ccc(/C=C3\SC(=S)N(c4cccc(C(F)(F)F)c4)C3=O)cc2OC)c1. The van der Waals surface area contributed by atoms with Gasteiger partial charge in [0.15, 0.2) is 22.4 Å². The van der Waals surface area contributed by atoms with E-state index in [1.807, 2.05) is 0 Å². The Morgan fingerprint density at radius 1 is 1.03 bits per heavy atom. The van der Waals surface area contributed by atoms with Crippen LogP contribution in [0.25, 0.3) is 6.08 Å². The van der Waals surface area contributed by atoms with Crippen LogP contribution in [-0.2, 0) is 15.8 Å². The highest BCUT2D eigenvalue weighted by Crippen LogP contribution is 2.39. The van der Waals surface area contributed by atoms with Gasteiger partial charge in [0.05, 0.1) is 30.4 Å². The van der Waals surface area contributed by atoms with Crippen molar-refractivity contribution in [2.24, 2.45) is 0 Å². The first-order chi connectivity index (χ1) is 18.6. The monoisotopic (exact) mass is 574 g/mol. The molecule has 0 spiro atoms. The molecule has 1 heterocycles. The van der Waals surface area contributed by atoms with Crippen LogP contribution in [0.1, 0.15) is 11.1 Å². The van der Waals surface area contributed by atoms with E-state index in [1.54, 1.807) is 48.5 Å². The highest BCUT2D eigenvalue weighted by molar-refractivity contribution is 8.27. The molecule has 0 saturated carbocycles. The zero-order chi connectivity index (χ0) is 28.2. The molecule has 3 aromatic carbocycles. The molecular formula is C27H21F3N2O5S2. The Bertz CT molecular complexity index is 1460. The van der Waals surface area contributed by atoms with E-state index in [2.05, 4.69) is 5.32 Å². The molecule has 0 unspecified atom stereocenters. The van der Waals surface area contributed by atoms with Crippen LogP contribution in [0.15, 0.2) is 71.6 Å². The third kappa shape index (κ3) is 6.70. The van der Waals surface area contributed by atoms with Crippen LogP contribution in [0.5, 0.6) is 17.2 Å². The van der Waals surface area contributed by atoms with Gasteiger partial charge < -0.3 is 19.5 Å². The molecule has 7 nitrogen and oxygen atoms in total. The van der Waals surface area contributed by atoms with E-state index in [0.717, 1.165) is 28.8 Å². The van der Waals surface area contributed by atoms with Crippen molar-refractivity contribution >= 4 is 57.6 Å². The summed E-state index contributed by atoms with van der Waals surface area (Å²) in [4.78, 5) is 26.7. The van der Waals surface area contributed by atoms with Crippen LogP contribution in [-0.4, -0.2) is 37.0 Å². The van der Waals surface area contributed by atoms with Crippen molar-refractivity contribution in [3.63, 3.8) is 0 Å². The van der Waals surface area contributed by atoms with Crippen molar-refractivity contribution in [3.05, 3.63) is 82.8 Å². The van der Waals surface area contributed by atoms with Crippen molar-refractivity contribution < 1.29 is 37.0 Å². The summed E-state index contributed by atoms with van der Waals surface area (Å²) >= 11 is 6.25. The number of carbonyl (C=O) groups excluding carboxylic acids is 2. The van der Waals surface area contributed by atoms with Crippen molar-refractivity contribution in [1.29, 1.82) is 0 Å². The van der Waals surface area contributed by atoms with Gasteiger partial charge in [0.1, 0.15) is 5.75 Å². The maximum atomic E-state index is 13.1. The number of thioether (sulfide) groups is 1. The van der Waals surface area contributed by atoms with E-state index in [-0.39, 0.29) is 21.5 Å². The molecule has 12 heteroatoms. The molecule has 3 aromatic rings. The van der Waals surface area contributed by atoms with Crippen LogP contribution >= 0.6 is 24.0 Å². The number of alkyl halides is 3. The predicted octanol–water partition coefficient (Wildman–Crippen LogP) is 6.15. The number of nitrogens with zero attached hydrogens (tertiary/aromatic N) is 1. The van der Waals surface area contributed by atoms with Gasteiger partial charge in [0, 0.05) is 11.8 Å². The fourth-order valence-electron chi connectivity index (χ4n) is 3.60. The van der Waals surface area contributed by atoms with Gasteiger partial charge in [0.25, 0.3) is 11.8 Å². The average molecular weight is 575 g/mol. The molecule has 39 heavy (non-hydrogen) atoms. The van der Waals surface area contributed by atoms with E-state index < -0.39 is 23.6 Å². The summed E-state index contributed by atoms with van der Waals surface area (Å²) in [6, 6.07) is 16.1. The second-order valence-electron chi connectivity index (χ2n) is 8.04. The molecule has 1 aliphatic rings. The number of nitrogens with one attached hydrogen (secondary N) is 1. The zero-order valence-electron chi connectivity index (χ0n) is 20.6. The minimum absolute atomic E-state index is 0.0317. The van der Waals surface area contributed by atoms with Crippen LogP contribution in [0, 0.1) is 0 Å². The first kappa shape index (κ1) is 28.0. The van der Waals surface area contributed by atoms with E-state index in [1.165, 1.54) is 26.4 Å². The number of anilines is 2. The number of thiocarbonyl (C=S) groups is 1. The van der Waals surface area contributed by atoms with Gasteiger partial charge in [-0.15, -0.1) is 0 Å². The summed E-state index contributed by atoms with van der Waals surface area (Å²) in [7, 11) is 2.95. The Labute approximate surface area is 231 Å². The first-order valence-electron chi connectivity index (χ1n) is 11.3. The number of amides is 2. The topological polar surface area (TPSA) is 77.1 Å². The van der Waals surface area contributed by atoms with Crippen LogP contribution in [0.2, 0.25) is 0 Å². The normalized spacial score (nSPS) is 14.5. The highest BCUT2D eigenvalue weighted by Gasteiger charge is 2.36. The molecule has 1 saturated heterocycles. The predicted molar refractivity (Wildman–Crippen MR) is 147 cm³/mol. The summed E-state index contributed by atoms with van der Waals surface area (Å²) in [5.74, 6) is 0.265. The molecule has 202 valence electrons. The molecule has 4 rings (SSSR count). The third-order valence-corrected chi connectivity index (χ3v) is 6.73. The number of hydrogen-bond donors (Lipinski definition) is 1. The number of rotatable bonds is 8. The minimum Gasteiger partial charge on any atom is -0.497 e. The molecule has 1 aliphatic heterocycles. The van der Waals surface area contributed by atoms with Gasteiger partial charge >= 0.3 is 6.18 Å². The van der Waals surface area contributed by atoms with Gasteiger partial charge in [-0.1, -0.05) is 42.2 Å². The van der Waals surface area contributed by atoms with E-state index in [4.69, 9.17) is 26.4 Å². The second-order valence-corrected chi connectivity index (χ2v) is 9.72. The largest absolute Gasteiger partial charge is 0.497 e. The summed E-state index contributed by atoms with van der Waals surface area (Å²) in [5, 5.41) is 2.71. The lowest BCUT2D eigenvalue weighted by Crippen LogP contribution is -2.27. The van der Waals surface area contributed by atoms with E-state index in [0.29, 0.717) is 28.5 Å². The maximum Gasteiger partial charge on any atom is 0.416 e. The smallest absolute Gasteiger partial charge is 0.416 e. The Balaban J connectivity index is 1.46. The van der Waals surface area contributed by atoms with Gasteiger partial charge in [-0.2, -0.15) is 13.2 Å². The highest BCUT2D eigenvalue weighted by atomic mass is 32.2. The standard InChI is InChI=1S/C27H21F3N2O5S2/c1-35-20-8-4-6-18(14-20)31-24(33)15-37-21-10-9-16(11-22(21)36-2)12-23-25(34)32(26(38)39-23)19-7-3-5-17(13-19)27(28,29)30/h3-14H,15H2,1-2H3,(H,31,33)/b23-12-. The molecular weight excluding hydrogens is 553 g/mol. The molecule has 0 radical (unpaired) electrons. The molecule has 2 amide bonds. The number of hydrogen-bond acceptors (Lipinski definition) is 7. The fourth-order valence-corrected chi connectivity index (χ4v) is 4.90. The average Bonchev–Trinajstić information content (AvgIpc) is 3.19. The van der Waals surface area contributed by atoms with Crippen molar-refractivity contribution in [2.75, 3.05) is 31.0 Å². The van der Waals surface area contributed by atoms with E-state index >= 15 is 0 Å². The van der Waals surface area contributed by atoms with Crippen molar-refractivity contribution in [1.82, 2.24) is 0 Å². The summed E-state index contributed by atoms with van der Waals surface area (Å²) in [6.45, 7) is -0.289. The Morgan fingerprint density at radius 3 is 2.51 bits per heavy atom. The van der Waals surface area contributed by atoms with Crippen molar-refractivity contribution in [3.8, 4) is 17.2 Å². The minimum atomic E-state index is -4.55. The van der Waals surface area contributed by atoms with Gasteiger partial charge in [0.2, 0.25) is 0 Å². The number of methoxy groups -OCH3 is 2. The lowest BCUT2D eigenvalue weighted by molar-refractivity contribution is -0.137. The molecule has 0 atom stereocenters. The molecule has 0 bridgehead atoms. The van der Waals surface area contributed by atoms with Crippen molar-refractivity contribution in [2.45, 2.75) is 6.18 Å². The number of halogens is 3. The molecule has 0 aromatic heterocycles. The lowest BCUT2D eigenvalue weighted by atomic mass is 10.1. The Morgan fingerprint density at radius 2 is 1.79 bits per heavy atom. The van der Waals surface area contributed by atoms with Gasteiger partial charge in [-0.05, 0) is 54.1 Å².